The Morgan fingerprint density at radius 1 is 1.12 bits per heavy atom. The molecule has 0 unspecified atom stereocenters. The number of nitrogens with zero attached hydrogens (tertiary/aromatic N) is 1. The van der Waals surface area contributed by atoms with E-state index in [0.29, 0.717) is 27.9 Å². The highest BCUT2D eigenvalue weighted by atomic mass is 127. The van der Waals surface area contributed by atoms with Crippen LogP contribution >= 0.6 is 22.6 Å². The van der Waals surface area contributed by atoms with E-state index in [2.05, 4.69) is 5.32 Å². The Balaban J connectivity index is 2.17. The van der Waals surface area contributed by atoms with E-state index in [9.17, 15) is 18.3 Å². The van der Waals surface area contributed by atoms with Crippen molar-refractivity contribution < 1.29 is 18.3 Å². The average molecular weight is 474 g/mol. The first-order valence-electron chi connectivity index (χ1n) is 7.69. The number of aromatic hydroxyl groups is 1. The van der Waals surface area contributed by atoms with Crippen LogP contribution in [0.25, 0.3) is 0 Å². The molecule has 0 radical (unpaired) electrons. The fraction of sp³-hybridized carbons (Fsp3) is 0.235. The lowest BCUT2D eigenvalue weighted by atomic mass is 10.2. The predicted octanol–water partition coefficient (Wildman–Crippen LogP) is 3.28. The third-order valence-corrected chi connectivity index (χ3v) is 6.59. The fourth-order valence-electron chi connectivity index (χ4n) is 2.27. The van der Waals surface area contributed by atoms with Gasteiger partial charge in [0, 0.05) is 24.3 Å². The summed E-state index contributed by atoms with van der Waals surface area (Å²) in [5.41, 5.74) is 0.897. The smallest absolute Gasteiger partial charge is 0.255 e. The zero-order valence-electron chi connectivity index (χ0n) is 13.9. The van der Waals surface area contributed by atoms with E-state index in [1.807, 2.05) is 22.6 Å². The Kier molecular flexibility index (Phi) is 6.42. The Bertz CT molecular complexity index is 863. The molecule has 0 aromatic heterocycles. The topological polar surface area (TPSA) is 86.7 Å². The van der Waals surface area contributed by atoms with Crippen LogP contribution in [0.1, 0.15) is 24.2 Å². The van der Waals surface area contributed by atoms with Crippen molar-refractivity contribution in [3.8, 4) is 5.75 Å². The Morgan fingerprint density at radius 3 is 2.24 bits per heavy atom. The summed E-state index contributed by atoms with van der Waals surface area (Å²) in [6, 6.07) is 10.6. The fourth-order valence-corrected chi connectivity index (χ4v) is 4.25. The van der Waals surface area contributed by atoms with E-state index in [1.165, 1.54) is 28.6 Å². The first-order chi connectivity index (χ1) is 11.8. The minimum Gasteiger partial charge on any atom is -0.507 e. The van der Waals surface area contributed by atoms with Gasteiger partial charge in [-0.1, -0.05) is 13.8 Å². The Hall–Kier alpha value is -1.65. The van der Waals surface area contributed by atoms with Crippen molar-refractivity contribution in [1.82, 2.24) is 4.31 Å². The van der Waals surface area contributed by atoms with Gasteiger partial charge in [-0.05, 0) is 65.1 Å². The van der Waals surface area contributed by atoms with Crippen molar-refractivity contribution >= 4 is 44.2 Å². The lowest BCUT2D eigenvalue weighted by Gasteiger charge is -2.18. The second kappa shape index (κ2) is 8.15. The van der Waals surface area contributed by atoms with E-state index in [-0.39, 0.29) is 16.6 Å². The number of nitrogens with one attached hydrogen (secondary N) is 1. The van der Waals surface area contributed by atoms with E-state index in [4.69, 9.17) is 0 Å². The number of sulfonamides is 1. The lowest BCUT2D eigenvalue weighted by Crippen LogP contribution is -2.30. The summed E-state index contributed by atoms with van der Waals surface area (Å²) >= 11 is 1.94. The standard InChI is InChI=1S/C17H19IN2O4S/c1-3-20(4-2)25(23,24)14-8-6-13(7-9-14)19-17(22)12-5-10-16(21)15(18)11-12/h5-11,21H,3-4H2,1-2H3,(H,19,22). The van der Waals surface area contributed by atoms with Crippen LogP contribution in [0.15, 0.2) is 47.4 Å². The third-order valence-electron chi connectivity index (χ3n) is 3.67. The summed E-state index contributed by atoms with van der Waals surface area (Å²) in [5.74, 6) is -0.222. The highest BCUT2D eigenvalue weighted by molar-refractivity contribution is 14.1. The molecular weight excluding hydrogens is 455 g/mol. The van der Waals surface area contributed by atoms with Gasteiger partial charge in [0.05, 0.1) is 8.47 Å². The van der Waals surface area contributed by atoms with Crippen LogP contribution in [0.3, 0.4) is 0 Å². The number of phenols is 1. The average Bonchev–Trinajstić information content (AvgIpc) is 2.58. The van der Waals surface area contributed by atoms with E-state index in [0.717, 1.165) is 0 Å². The number of carbonyl (C=O) groups is 1. The van der Waals surface area contributed by atoms with Gasteiger partial charge in [0.25, 0.3) is 5.91 Å². The van der Waals surface area contributed by atoms with Crippen molar-refractivity contribution in [1.29, 1.82) is 0 Å². The highest BCUT2D eigenvalue weighted by Crippen LogP contribution is 2.22. The summed E-state index contributed by atoms with van der Waals surface area (Å²) < 4.78 is 26.8. The summed E-state index contributed by atoms with van der Waals surface area (Å²) in [7, 11) is -3.52. The minimum atomic E-state index is -3.52. The van der Waals surface area contributed by atoms with E-state index in [1.54, 1.807) is 32.0 Å². The zero-order valence-corrected chi connectivity index (χ0v) is 16.8. The maximum atomic E-state index is 12.4. The number of amides is 1. The van der Waals surface area contributed by atoms with Gasteiger partial charge in [0.2, 0.25) is 10.0 Å². The molecule has 0 aliphatic rings. The van der Waals surface area contributed by atoms with Crippen LogP contribution in [-0.4, -0.2) is 36.8 Å². The largest absolute Gasteiger partial charge is 0.507 e. The van der Waals surface area contributed by atoms with Gasteiger partial charge < -0.3 is 10.4 Å². The van der Waals surface area contributed by atoms with Crippen molar-refractivity contribution in [2.75, 3.05) is 18.4 Å². The summed E-state index contributed by atoms with van der Waals surface area (Å²) in [6.45, 7) is 4.37. The second-order valence-electron chi connectivity index (χ2n) is 5.23. The number of phenolic OH excluding ortho intramolecular Hbond substituents is 1. The number of hydrogen-bond acceptors (Lipinski definition) is 4. The molecule has 0 bridgehead atoms. The van der Waals surface area contributed by atoms with Crippen molar-refractivity contribution in [2.45, 2.75) is 18.7 Å². The third kappa shape index (κ3) is 4.50. The van der Waals surface area contributed by atoms with Gasteiger partial charge in [-0.3, -0.25) is 4.79 Å². The van der Waals surface area contributed by atoms with Crippen molar-refractivity contribution in [2.24, 2.45) is 0 Å². The van der Waals surface area contributed by atoms with Crippen LogP contribution in [0.5, 0.6) is 5.75 Å². The molecule has 0 aliphatic heterocycles. The molecule has 2 rings (SSSR count). The highest BCUT2D eigenvalue weighted by Gasteiger charge is 2.21. The Morgan fingerprint density at radius 2 is 1.72 bits per heavy atom. The lowest BCUT2D eigenvalue weighted by molar-refractivity contribution is 0.102. The van der Waals surface area contributed by atoms with Gasteiger partial charge in [-0.15, -0.1) is 0 Å². The van der Waals surface area contributed by atoms with Crippen LogP contribution in [0.4, 0.5) is 5.69 Å². The molecule has 6 nitrogen and oxygen atoms in total. The molecule has 0 saturated carbocycles. The molecule has 2 aromatic rings. The summed E-state index contributed by atoms with van der Waals surface area (Å²) in [4.78, 5) is 12.4. The normalized spacial score (nSPS) is 11.5. The summed E-state index contributed by atoms with van der Waals surface area (Å²) in [5, 5.41) is 12.2. The maximum absolute atomic E-state index is 12.4. The first kappa shape index (κ1) is 19.7. The molecule has 0 fully saturated rings. The molecule has 134 valence electrons. The zero-order chi connectivity index (χ0) is 18.6. The second-order valence-corrected chi connectivity index (χ2v) is 8.33. The molecule has 1 amide bonds. The Labute approximate surface area is 161 Å². The molecule has 0 spiro atoms. The molecule has 25 heavy (non-hydrogen) atoms. The number of rotatable bonds is 6. The predicted molar refractivity (Wildman–Crippen MR) is 105 cm³/mol. The number of hydrogen-bond donors (Lipinski definition) is 2. The molecule has 2 aromatic carbocycles. The van der Waals surface area contributed by atoms with Gasteiger partial charge in [0.1, 0.15) is 5.75 Å². The monoisotopic (exact) mass is 474 g/mol. The van der Waals surface area contributed by atoms with Gasteiger partial charge >= 0.3 is 0 Å². The number of benzene rings is 2. The van der Waals surface area contributed by atoms with Crippen LogP contribution in [0.2, 0.25) is 0 Å². The van der Waals surface area contributed by atoms with Crippen LogP contribution in [0, 0.1) is 3.57 Å². The molecule has 0 atom stereocenters. The van der Waals surface area contributed by atoms with E-state index >= 15 is 0 Å². The van der Waals surface area contributed by atoms with Crippen molar-refractivity contribution in [3.63, 3.8) is 0 Å². The molecule has 0 saturated heterocycles. The SMILES string of the molecule is CCN(CC)S(=O)(=O)c1ccc(NC(=O)c2ccc(O)c(I)c2)cc1. The van der Waals surface area contributed by atoms with Gasteiger partial charge in [-0.2, -0.15) is 4.31 Å². The molecule has 0 aliphatic carbocycles. The quantitative estimate of drug-likeness (QED) is 0.630. The number of carbonyl (C=O) groups excluding carboxylic acids is 1. The minimum absolute atomic E-state index is 0.114. The molecular formula is C17H19IN2O4S. The van der Waals surface area contributed by atoms with Crippen LogP contribution in [-0.2, 0) is 10.0 Å². The first-order valence-corrected chi connectivity index (χ1v) is 10.2. The maximum Gasteiger partial charge on any atom is 0.255 e. The van der Waals surface area contributed by atoms with Crippen LogP contribution < -0.4 is 5.32 Å². The summed E-state index contributed by atoms with van der Waals surface area (Å²) in [6.07, 6.45) is 0. The molecule has 8 heteroatoms. The molecule has 2 N–H and O–H groups in total. The molecule has 0 heterocycles. The number of halogens is 1. The van der Waals surface area contributed by atoms with Gasteiger partial charge in [0.15, 0.2) is 0 Å². The number of anilines is 1. The van der Waals surface area contributed by atoms with Crippen molar-refractivity contribution in [3.05, 3.63) is 51.6 Å². The van der Waals surface area contributed by atoms with Gasteiger partial charge in [-0.25, -0.2) is 8.42 Å². The van der Waals surface area contributed by atoms with E-state index < -0.39 is 10.0 Å².